The Morgan fingerprint density at radius 3 is 2.43 bits per heavy atom. The Balaban J connectivity index is 1.73. The molecule has 0 aliphatic carbocycles. The van der Waals surface area contributed by atoms with Gasteiger partial charge in [0.1, 0.15) is 5.69 Å². The first-order valence-corrected chi connectivity index (χ1v) is 10.9. The molecule has 2 heterocycles. The van der Waals surface area contributed by atoms with E-state index in [1.54, 1.807) is 18.7 Å². The van der Waals surface area contributed by atoms with Crippen LogP contribution < -0.4 is 10.2 Å². The first-order valence-electron chi connectivity index (χ1n) is 10.9. The summed E-state index contributed by atoms with van der Waals surface area (Å²) in [7, 11) is 0. The van der Waals surface area contributed by atoms with Crippen molar-refractivity contribution >= 4 is 29.2 Å². The van der Waals surface area contributed by atoms with E-state index in [0.717, 1.165) is 12.1 Å². The Hall–Kier alpha value is -3.54. The zero-order valence-electron chi connectivity index (χ0n) is 19.5. The summed E-state index contributed by atoms with van der Waals surface area (Å²) in [4.78, 5) is 41.7. The monoisotopic (exact) mass is 497 g/mol. The SMILES string of the molecule is CCOC(=O)c1c(C)[nH]c(C(=O)OCC(=O)Nc2cc(C(F)(F)F)ccc2N2CCOCC2)c1C. The van der Waals surface area contributed by atoms with Gasteiger partial charge in [-0.3, -0.25) is 4.79 Å². The number of anilines is 2. The van der Waals surface area contributed by atoms with Crippen LogP contribution in [0.15, 0.2) is 18.2 Å². The molecule has 1 aromatic heterocycles. The standard InChI is InChI=1S/C23H26F3N3O6/c1-4-34-21(31)19-13(2)20(27-14(19)3)22(32)35-12-18(30)28-16-11-15(23(24,25)26)5-6-17(16)29-7-9-33-10-8-29/h5-6,11,27H,4,7-10,12H2,1-3H3,(H,28,30). The van der Waals surface area contributed by atoms with Crippen molar-refractivity contribution < 1.29 is 41.8 Å². The third kappa shape index (κ3) is 6.13. The van der Waals surface area contributed by atoms with E-state index < -0.39 is 36.2 Å². The van der Waals surface area contributed by atoms with Gasteiger partial charge in [0, 0.05) is 18.8 Å². The van der Waals surface area contributed by atoms with Gasteiger partial charge < -0.3 is 29.4 Å². The van der Waals surface area contributed by atoms with Gasteiger partial charge in [-0.1, -0.05) is 0 Å². The molecule has 2 aromatic rings. The normalized spacial score (nSPS) is 13.9. The average molecular weight is 497 g/mol. The van der Waals surface area contributed by atoms with Gasteiger partial charge in [-0.05, 0) is 44.5 Å². The summed E-state index contributed by atoms with van der Waals surface area (Å²) >= 11 is 0. The van der Waals surface area contributed by atoms with Gasteiger partial charge in [0.2, 0.25) is 0 Å². The Kier molecular flexibility index (Phi) is 8.05. The molecule has 1 saturated heterocycles. The number of H-pyrrole nitrogens is 1. The number of aromatic amines is 1. The predicted molar refractivity (Wildman–Crippen MR) is 120 cm³/mol. The summed E-state index contributed by atoms with van der Waals surface area (Å²) in [5, 5.41) is 2.41. The fourth-order valence-corrected chi connectivity index (χ4v) is 3.75. The predicted octanol–water partition coefficient (Wildman–Crippen LogP) is 3.46. The second-order valence-corrected chi connectivity index (χ2v) is 7.80. The van der Waals surface area contributed by atoms with Crippen LogP contribution in [0, 0.1) is 13.8 Å². The smallest absolute Gasteiger partial charge is 0.416 e. The van der Waals surface area contributed by atoms with Crippen molar-refractivity contribution in [2.24, 2.45) is 0 Å². The number of nitrogens with zero attached hydrogens (tertiary/aromatic N) is 1. The van der Waals surface area contributed by atoms with Crippen molar-refractivity contribution in [1.82, 2.24) is 4.98 Å². The van der Waals surface area contributed by atoms with Gasteiger partial charge in [-0.2, -0.15) is 13.2 Å². The lowest BCUT2D eigenvalue weighted by atomic mass is 10.1. The van der Waals surface area contributed by atoms with Crippen LogP contribution in [-0.4, -0.2) is 62.3 Å². The molecule has 1 amide bonds. The van der Waals surface area contributed by atoms with Gasteiger partial charge in [-0.15, -0.1) is 0 Å². The molecule has 190 valence electrons. The number of carbonyl (C=O) groups excluding carboxylic acids is 3. The van der Waals surface area contributed by atoms with E-state index in [4.69, 9.17) is 14.2 Å². The molecule has 0 bridgehead atoms. The Morgan fingerprint density at radius 1 is 1.11 bits per heavy atom. The van der Waals surface area contributed by atoms with Crippen LogP contribution in [0.5, 0.6) is 0 Å². The summed E-state index contributed by atoms with van der Waals surface area (Å²) in [5.74, 6) is -2.32. The van der Waals surface area contributed by atoms with Crippen LogP contribution in [0.4, 0.5) is 24.5 Å². The average Bonchev–Trinajstić information content (AvgIpc) is 3.11. The van der Waals surface area contributed by atoms with Gasteiger partial charge in [0.05, 0.1) is 42.3 Å². The molecule has 1 fully saturated rings. The number of rotatable bonds is 7. The minimum atomic E-state index is -4.60. The number of halogens is 3. The second-order valence-electron chi connectivity index (χ2n) is 7.80. The second kappa shape index (κ2) is 10.8. The summed E-state index contributed by atoms with van der Waals surface area (Å²) < 4.78 is 55.0. The van der Waals surface area contributed by atoms with Gasteiger partial charge in [0.25, 0.3) is 5.91 Å². The molecular weight excluding hydrogens is 471 g/mol. The Morgan fingerprint density at radius 2 is 1.80 bits per heavy atom. The molecule has 0 unspecified atom stereocenters. The van der Waals surface area contributed by atoms with E-state index in [0.29, 0.717) is 43.2 Å². The minimum Gasteiger partial charge on any atom is -0.462 e. The van der Waals surface area contributed by atoms with Crippen LogP contribution in [-0.2, 0) is 25.2 Å². The number of benzene rings is 1. The molecule has 3 rings (SSSR count). The van der Waals surface area contributed by atoms with Crippen molar-refractivity contribution in [3.63, 3.8) is 0 Å². The highest BCUT2D eigenvalue weighted by molar-refractivity contribution is 6.00. The van der Waals surface area contributed by atoms with Crippen LogP contribution >= 0.6 is 0 Å². The zero-order chi connectivity index (χ0) is 25.8. The maximum atomic E-state index is 13.2. The molecule has 1 aromatic carbocycles. The van der Waals surface area contributed by atoms with Gasteiger partial charge in [0.15, 0.2) is 6.61 Å². The highest BCUT2D eigenvalue weighted by Crippen LogP contribution is 2.35. The highest BCUT2D eigenvalue weighted by Gasteiger charge is 2.32. The first-order chi connectivity index (χ1) is 16.5. The number of hydrogen-bond donors (Lipinski definition) is 2. The number of hydrogen-bond acceptors (Lipinski definition) is 7. The topological polar surface area (TPSA) is 110 Å². The van der Waals surface area contributed by atoms with E-state index in [1.165, 1.54) is 13.0 Å². The van der Waals surface area contributed by atoms with E-state index in [-0.39, 0.29) is 23.6 Å². The van der Waals surface area contributed by atoms with Crippen LogP contribution in [0.2, 0.25) is 0 Å². The quantitative estimate of drug-likeness (QED) is 0.564. The van der Waals surface area contributed by atoms with Crippen LogP contribution in [0.3, 0.4) is 0 Å². The number of morpholine rings is 1. The third-order valence-corrected chi connectivity index (χ3v) is 5.41. The largest absolute Gasteiger partial charge is 0.462 e. The molecule has 0 spiro atoms. The lowest BCUT2D eigenvalue weighted by molar-refractivity contribution is -0.137. The minimum absolute atomic E-state index is 0.0218. The molecule has 0 saturated carbocycles. The Bertz CT molecular complexity index is 1110. The van der Waals surface area contributed by atoms with Crippen molar-refractivity contribution in [3.05, 3.63) is 46.3 Å². The number of amides is 1. The van der Waals surface area contributed by atoms with Crippen molar-refractivity contribution in [1.29, 1.82) is 0 Å². The molecule has 1 aliphatic heterocycles. The maximum absolute atomic E-state index is 13.2. The summed E-state index contributed by atoms with van der Waals surface area (Å²) in [6.45, 7) is 5.86. The maximum Gasteiger partial charge on any atom is 0.416 e. The first kappa shape index (κ1) is 26.1. The fourth-order valence-electron chi connectivity index (χ4n) is 3.75. The number of aromatic nitrogens is 1. The lowest BCUT2D eigenvalue weighted by Crippen LogP contribution is -2.37. The summed E-state index contributed by atoms with van der Waals surface area (Å²) in [6.07, 6.45) is -4.60. The van der Waals surface area contributed by atoms with E-state index in [1.807, 2.05) is 0 Å². The number of aryl methyl sites for hydroxylation is 1. The summed E-state index contributed by atoms with van der Waals surface area (Å²) in [5.41, 5.74) is 0.296. The summed E-state index contributed by atoms with van der Waals surface area (Å²) in [6, 6.07) is 3.07. The number of carbonyl (C=O) groups is 3. The highest BCUT2D eigenvalue weighted by atomic mass is 19.4. The van der Waals surface area contributed by atoms with Crippen LogP contribution in [0.25, 0.3) is 0 Å². The molecule has 9 nitrogen and oxygen atoms in total. The molecule has 1 aliphatic rings. The Labute approximate surface area is 199 Å². The fraction of sp³-hybridized carbons (Fsp3) is 0.435. The van der Waals surface area contributed by atoms with Crippen molar-refractivity contribution in [3.8, 4) is 0 Å². The number of esters is 2. The van der Waals surface area contributed by atoms with E-state index >= 15 is 0 Å². The molecule has 0 atom stereocenters. The van der Waals surface area contributed by atoms with Crippen LogP contribution in [0.1, 0.15) is 44.6 Å². The van der Waals surface area contributed by atoms with Gasteiger partial charge >= 0.3 is 18.1 Å². The van der Waals surface area contributed by atoms with E-state index in [2.05, 4.69) is 10.3 Å². The molecular formula is C23H26F3N3O6. The van der Waals surface area contributed by atoms with Crippen molar-refractivity contribution in [2.45, 2.75) is 26.9 Å². The van der Waals surface area contributed by atoms with Gasteiger partial charge in [-0.25, -0.2) is 9.59 Å². The molecule has 12 heteroatoms. The number of nitrogens with one attached hydrogen (secondary N) is 2. The molecule has 35 heavy (non-hydrogen) atoms. The third-order valence-electron chi connectivity index (χ3n) is 5.41. The lowest BCUT2D eigenvalue weighted by Gasteiger charge is -2.31. The zero-order valence-corrected chi connectivity index (χ0v) is 19.5. The van der Waals surface area contributed by atoms with Crippen molar-refractivity contribution in [2.75, 3.05) is 49.7 Å². The number of ether oxygens (including phenoxy) is 3. The molecule has 2 N–H and O–H groups in total. The van der Waals surface area contributed by atoms with E-state index in [9.17, 15) is 27.6 Å². The molecule has 0 radical (unpaired) electrons. The number of alkyl halides is 3.